The minimum Gasteiger partial charge on any atom is -0.494 e. The lowest BCUT2D eigenvalue weighted by atomic mass is 10.2. The quantitative estimate of drug-likeness (QED) is 0.615. The maximum Gasteiger partial charge on any atom is 0.277 e. The summed E-state index contributed by atoms with van der Waals surface area (Å²) >= 11 is 5.94. The Kier molecular flexibility index (Phi) is 6.63. The Balaban J connectivity index is 1.78. The van der Waals surface area contributed by atoms with Gasteiger partial charge in [-0.15, -0.1) is 0 Å². The number of halogens is 1. The zero-order valence-electron chi connectivity index (χ0n) is 13.6. The van der Waals surface area contributed by atoms with Crippen LogP contribution in [0.1, 0.15) is 18.1 Å². The Hall–Kier alpha value is -2.53. The van der Waals surface area contributed by atoms with Crippen LogP contribution in [0.15, 0.2) is 47.6 Å². The van der Waals surface area contributed by atoms with Crippen LogP contribution in [0.25, 0.3) is 0 Å². The molecule has 0 heterocycles. The van der Waals surface area contributed by atoms with Gasteiger partial charge in [-0.1, -0.05) is 11.6 Å². The smallest absolute Gasteiger partial charge is 0.277 e. The highest BCUT2D eigenvalue weighted by atomic mass is 35.5. The highest BCUT2D eigenvalue weighted by Gasteiger charge is 2.03. The van der Waals surface area contributed by atoms with Crippen molar-refractivity contribution < 1.29 is 14.3 Å². The van der Waals surface area contributed by atoms with Crippen molar-refractivity contribution in [3.8, 4) is 11.5 Å². The molecule has 24 heavy (non-hydrogen) atoms. The fraction of sp³-hybridized carbons (Fsp3) is 0.222. The molecule has 126 valence electrons. The molecule has 1 N–H and O–H groups in total. The van der Waals surface area contributed by atoms with E-state index >= 15 is 0 Å². The third-order valence-corrected chi connectivity index (χ3v) is 3.52. The van der Waals surface area contributed by atoms with Crippen LogP contribution in [0.4, 0.5) is 0 Å². The van der Waals surface area contributed by atoms with Crippen LogP contribution < -0.4 is 14.9 Å². The summed E-state index contributed by atoms with van der Waals surface area (Å²) < 4.78 is 10.7. The number of aryl methyl sites for hydroxylation is 1. The molecule has 0 fully saturated rings. The van der Waals surface area contributed by atoms with E-state index in [9.17, 15) is 4.79 Å². The normalized spacial score (nSPS) is 10.6. The molecule has 0 aliphatic carbocycles. The molecule has 0 radical (unpaired) electrons. The summed E-state index contributed by atoms with van der Waals surface area (Å²) in [5.41, 5.74) is 4.16. The van der Waals surface area contributed by atoms with E-state index in [1.807, 2.05) is 38.1 Å². The number of ether oxygens (including phenoxy) is 2. The summed E-state index contributed by atoms with van der Waals surface area (Å²) in [6.45, 7) is 4.30. The highest BCUT2D eigenvalue weighted by molar-refractivity contribution is 6.31. The van der Waals surface area contributed by atoms with E-state index in [4.69, 9.17) is 21.1 Å². The lowest BCUT2D eigenvalue weighted by molar-refractivity contribution is -0.123. The molecule has 1 amide bonds. The van der Waals surface area contributed by atoms with Crippen molar-refractivity contribution >= 4 is 23.7 Å². The van der Waals surface area contributed by atoms with Crippen molar-refractivity contribution in [1.82, 2.24) is 5.43 Å². The molecule has 0 aliphatic rings. The fourth-order valence-electron chi connectivity index (χ4n) is 1.88. The highest BCUT2D eigenvalue weighted by Crippen LogP contribution is 2.20. The molecule has 6 heteroatoms. The molecule has 0 atom stereocenters. The summed E-state index contributed by atoms with van der Waals surface area (Å²) in [4.78, 5) is 11.7. The standard InChI is InChI=1S/C18H19ClN2O3/c1-3-23-15-6-4-14(5-7-15)11-20-21-18(22)12-24-16-8-9-17(19)13(2)10-16/h4-11H,3,12H2,1-2H3,(H,21,22). The van der Waals surface area contributed by atoms with Gasteiger partial charge in [0.25, 0.3) is 5.91 Å². The number of carbonyl (C=O) groups excluding carboxylic acids is 1. The van der Waals surface area contributed by atoms with E-state index in [0.29, 0.717) is 17.4 Å². The SMILES string of the molecule is CCOc1ccc(C=NNC(=O)COc2ccc(Cl)c(C)c2)cc1. The number of hydrazone groups is 1. The number of nitrogens with one attached hydrogen (secondary N) is 1. The molecular weight excluding hydrogens is 328 g/mol. The summed E-state index contributed by atoms with van der Waals surface area (Å²) in [6, 6.07) is 12.6. The molecular formula is C18H19ClN2O3. The summed E-state index contributed by atoms with van der Waals surface area (Å²) in [5, 5.41) is 4.55. The first-order chi connectivity index (χ1) is 11.6. The molecule has 2 rings (SSSR count). The third-order valence-electron chi connectivity index (χ3n) is 3.09. The maximum atomic E-state index is 11.7. The van der Waals surface area contributed by atoms with Crippen molar-refractivity contribution in [2.24, 2.45) is 5.10 Å². The second kappa shape index (κ2) is 8.93. The molecule has 0 saturated carbocycles. The molecule has 5 nitrogen and oxygen atoms in total. The second-order valence-electron chi connectivity index (χ2n) is 4.99. The molecule has 0 unspecified atom stereocenters. The third kappa shape index (κ3) is 5.59. The van der Waals surface area contributed by atoms with Crippen molar-refractivity contribution in [1.29, 1.82) is 0 Å². The van der Waals surface area contributed by atoms with Crippen molar-refractivity contribution in [3.05, 3.63) is 58.6 Å². The largest absolute Gasteiger partial charge is 0.494 e. The van der Waals surface area contributed by atoms with Gasteiger partial charge in [0.2, 0.25) is 0 Å². The molecule has 0 spiro atoms. The second-order valence-corrected chi connectivity index (χ2v) is 5.40. The molecule has 0 saturated heterocycles. The minimum absolute atomic E-state index is 0.123. The van der Waals surface area contributed by atoms with Gasteiger partial charge in [-0.05, 0) is 67.4 Å². The summed E-state index contributed by atoms with van der Waals surface area (Å²) in [6.07, 6.45) is 1.56. The lowest BCUT2D eigenvalue weighted by Gasteiger charge is -2.06. The average molecular weight is 347 g/mol. The van der Waals surface area contributed by atoms with Crippen molar-refractivity contribution in [2.75, 3.05) is 13.2 Å². The van der Waals surface area contributed by atoms with E-state index in [1.165, 1.54) is 0 Å². The van der Waals surface area contributed by atoms with Crippen molar-refractivity contribution in [2.45, 2.75) is 13.8 Å². The van der Waals surface area contributed by atoms with Crippen LogP contribution >= 0.6 is 11.6 Å². The Morgan fingerprint density at radius 3 is 2.54 bits per heavy atom. The van der Waals surface area contributed by atoms with Crippen LogP contribution in [0.3, 0.4) is 0 Å². The number of rotatable bonds is 7. The zero-order chi connectivity index (χ0) is 17.4. The maximum absolute atomic E-state index is 11.7. The van der Waals surface area contributed by atoms with Gasteiger partial charge in [0.15, 0.2) is 6.61 Å². The number of hydrogen-bond acceptors (Lipinski definition) is 4. The van der Waals surface area contributed by atoms with E-state index in [1.54, 1.807) is 24.4 Å². The first kappa shape index (κ1) is 17.8. The van der Waals surface area contributed by atoms with E-state index in [0.717, 1.165) is 16.9 Å². The molecule has 0 bridgehead atoms. The van der Waals surface area contributed by atoms with Crippen LogP contribution in [0, 0.1) is 6.92 Å². The number of amides is 1. The van der Waals surface area contributed by atoms with Gasteiger partial charge < -0.3 is 9.47 Å². The van der Waals surface area contributed by atoms with E-state index in [-0.39, 0.29) is 12.5 Å². The molecule has 0 aliphatic heterocycles. The van der Waals surface area contributed by atoms with Crippen LogP contribution in [0.2, 0.25) is 5.02 Å². The number of benzene rings is 2. The summed E-state index contributed by atoms with van der Waals surface area (Å²) in [7, 11) is 0. The van der Waals surface area contributed by atoms with E-state index in [2.05, 4.69) is 10.5 Å². The Morgan fingerprint density at radius 2 is 1.88 bits per heavy atom. The Bertz CT molecular complexity index is 715. The Morgan fingerprint density at radius 1 is 1.17 bits per heavy atom. The number of carbonyl (C=O) groups is 1. The van der Waals surface area contributed by atoms with Gasteiger partial charge in [0, 0.05) is 5.02 Å². The average Bonchev–Trinajstić information content (AvgIpc) is 2.58. The topological polar surface area (TPSA) is 59.9 Å². The van der Waals surface area contributed by atoms with Crippen LogP contribution in [0.5, 0.6) is 11.5 Å². The van der Waals surface area contributed by atoms with E-state index < -0.39 is 0 Å². The fourth-order valence-corrected chi connectivity index (χ4v) is 2.00. The van der Waals surface area contributed by atoms with Gasteiger partial charge in [0.05, 0.1) is 12.8 Å². The summed E-state index contributed by atoms with van der Waals surface area (Å²) in [5.74, 6) is 1.04. The predicted molar refractivity (Wildman–Crippen MR) is 95.0 cm³/mol. The van der Waals surface area contributed by atoms with Crippen LogP contribution in [-0.2, 0) is 4.79 Å². The lowest BCUT2D eigenvalue weighted by Crippen LogP contribution is -2.24. The minimum atomic E-state index is -0.343. The van der Waals surface area contributed by atoms with Crippen molar-refractivity contribution in [3.63, 3.8) is 0 Å². The van der Waals surface area contributed by atoms with Gasteiger partial charge in [-0.3, -0.25) is 4.79 Å². The van der Waals surface area contributed by atoms with Crippen LogP contribution in [-0.4, -0.2) is 25.3 Å². The molecule has 2 aromatic carbocycles. The number of nitrogens with zero attached hydrogens (tertiary/aromatic N) is 1. The predicted octanol–water partition coefficient (Wildman–Crippen LogP) is 3.58. The van der Waals surface area contributed by atoms with Gasteiger partial charge in [0.1, 0.15) is 11.5 Å². The first-order valence-corrected chi connectivity index (χ1v) is 7.90. The van der Waals surface area contributed by atoms with Gasteiger partial charge in [-0.25, -0.2) is 5.43 Å². The number of hydrogen-bond donors (Lipinski definition) is 1. The Labute approximate surface area is 146 Å². The zero-order valence-corrected chi connectivity index (χ0v) is 14.3. The molecule has 0 aromatic heterocycles. The first-order valence-electron chi connectivity index (χ1n) is 7.52. The molecule has 2 aromatic rings. The monoisotopic (exact) mass is 346 g/mol. The van der Waals surface area contributed by atoms with Gasteiger partial charge >= 0.3 is 0 Å². The van der Waals surface area contributed by atoms with Gasteiger partial charge in [-0.2, -0.15) is 5.10 Å².